The summed E-state index contributed by atoms with van der Waals surface area (Å²) in [5.41, 5.74) is 2.47. The number of halogens is 1. The van der Waals surface area contributed by atoms with Crippen LogP contribution >= 0.6 is 11.6 Å². The molecular weight excluding hydrogens is 728 g/mol. The molecule has 1 heterocycles. The van der Waals surface area contributed by atoms with Crippen molar-refractivity contribution < 1.29 is 28.7 Å². The molecule has 3 aromatic rings. The van der Waals surface area contributed by atoms with Gasteiger partial charge in [0.05, 0.1) is 10.7 Å². The largest absolute Gasteiger partial charge is 0.480 e. The lowest BCUT2D eigenvalue weighted by Gasteiger charge is -2.31. The third kappa shape index (κ3) is 8.65. The summed E-state index contributed by atoms with van der Waals surface area (Å²) < 4.78 is 6.46. The van der Waals surface area contributed by atoms with E-state index in [9.17, 15) is 24.0 Å². The predicted molar refractivity (Wildman–Crippen MR) is 221 cm³/mol. The van der Waals surface area contributed by atoms with Crippen LogP contribution in [0.1, 0.15) is 118 Å². The molecule has 3 unspecified atom stereocenters. The van der Waals surface area contributed by atoms with Gasteiger partial charge in [-0.05, 0) is 91.7 Å². The number of nitrogens with zero attached hydrogens (tertiary/aromatic N) is 2. The fraction of sp³-hybridized carbons (Fsp3) is 0.489. The molecule has 0 radical (unpaired) electrons. The van der Waals surface area contributed by atoms with Crippen molar-refractivity contribution in [1.29, 1.82) is 0 Å². The van der Waals surface area contributed by atoms with Crippen molar-refractivity contribution in [1.82, 2.24) is 9.80 Å². The molecule has 0 aromatic heterocycles. The van der Waals surface area contributed by atoms with Crippen LogP contribution in [0.4, 0.5) is 16.2 Å². The van der Waals surface area contributed by atoms with Crippen molar-refractivity contribution in [3.05, 3.63) is 88.4 Å². The molecule has 1 saturated heterocycles. The summed E-state index contributed by atoms with van der Waals surface area (Å²) in [6, 6.07) is 16.8. The first-order valence-corrected chi connectivity index (χ1v) is 20.3. The lowest BCUT2D eigenvalue weighted by molar-refractivity contribution is -0.142. The molecule has 1 aliphatic carbocycles. The third-order valence-corrected chi connectivity index (χ3v) is 12.5. The Bertz CT molecular complexity index is 1970. The van der Waals surface area contributed by atoms with Crippen LogP contribution in [-0.4, -0.2) is 57.5 Å². The normalized spacial score (nSPS) is 17.7. The second-order valence-electron chi connectivity index (χ2n) is 16.6. The molecule has 0 bridgehead atoms. The zero-order valence-corrected chi connectivity index (χ0v) is 35.0. The minimum atomic E-state index is -1.70. The van der Waals surface area contributed by atoms with E-state index >= 15 is 0 Å². The molecule has 2 aliphatic rings. The Balaban J connectivity index is 1.38. The first-order chi connectivity index (χ1) is 26.4. The standard InChI is InChI=1S/C45H57ClN4O6/c1-10-35(56-36-22-19-30(43(6,7)11-2)25-32(36)44(8,9)12-3)39(52)47-31-20-21-33(46)34(26-31)48-40(53)37(38(51)45(13-4)23-24-45)50-41(54)28(5)49(42(50)55)27-29-17-15-14-16-18-29/h14-22,25-26,28,35,37H,10-13,23-24,27H2,1-9H3,(H,47,52)(H,48,53). The predicted octanol–water partition coefficient (Wildman–Crippen LogP) is 9.43. The summed E-state index contributed by atoms with van der Waals surface area (Å²) in [4.78, 5) is 72.0. The molecule has 1 aliphatic heterocycles. The van der Waals surface area contributed by atoms with E-state index in [-0.39, 0.29) is 28.1 Å². The zero-order valence-electron chi connectivity index (χ0n) is 34.3. The molecule has 5 rings (SSSR count). The van der Waals surface area contributed by atoms with Gasteiger partial charge >= 0.3 is 6.03 Å². The molecule has 0 spiro atoms. The van der Waals surface area contributed by atoms with E-state index in [2.05, 4.69) is 64.3 Å². The number of Topliss-reactive ketones (excluding diaryl/α,β-unsaturated/α-hetero) is 1. The van der Waals surface area contributed by atoms with Crippen LogP contribution in [0.15, 0.2) is 66.7 Å². The summed E-state index contributed by atoms with van der Waals surface area (Å²) in [5, 5.41) is 5.77. The van der Waals surface area contributed by atoms with Crippen LogP contribution in [0.2, 0.25) is 5.02 Å². The molecule has 11 heteroatoms. The minimum Gasteiger partial charge on any atom is -0.480 e. The number of urea groups is 1. The van der Waals surface area contributed by atoms with Gasteiger partial charge in [-0.3, -0.25) is 19.2 Å². The summed E-state index contributed by atoms with van der Waals surface area (Å²) in [7, 11) is 0. The second kappa shape index (κ2) is 16.8. The lowest BCUT2D eigenvalue weighted by atomic mass is 9.76. The van der Waals surface area contributed by atoms with Gasteiger partial charge in [0, 0.05) is 23.2 Å². The van der Waals surface area contributed by atoms with Crippen LogP contribution in [-0.2, 0) is 36.6 Å². The first kappa shape index (κ1) is 42.4. The van der Waals surface area contributed by atoms with Crippen molar-refractivity contribution in [3.63, 3.8) is 0 Å². The summed E-state index contributed by atoms with van der Waals surface area (Å²) in [6.45, 7) is 18.6. The number of benzene rings is 3. The monoisotopic (exact) mass is 784 g/mol. The number of imide groups is 1. The van der Waals surface area contributed by atoms with Gasteiger partial charge in [-0.25, -0.2) is 9.69 Å². The number of ether oxygens (including phenoxy) is 1. The molecule has 2 fully saturated rings. The van der Waals surface area contributed by atoms with E-state index in [4.69, 9.17) is 16.3 Å². The van der Waals surface area contributed by atoms with E-state index < -0.39 is 53.1 Å². The van der Waals surface area contributed by atoms with E-state index in [0.717, 1.165) is 28.9 Å². The Morgan fingerprint density at radius 3 is 2.12 bits per heavy atom. The fourth-order valence-corrected chi connectivity index (χ4v) is 7.26. The molecule has 56 heavy (non-hydrogen) atoms. The van der Waals surface area contributed by atoms with Gasteiger partial charge in [0.1, 0.15) is 11.8 Å². The van der Waals surface area contributed by atoms with Gasteiger partial charge in [0.25, 0.3) is 17.7 Å². The quantitative estimate of drug-likeness (QED) is 0.104. The Hall–Kier alpha value is -4.70. The van der Waals surface area contributed by atoms with Gasteiger partial charge in [-0.2, -0.15) is 0 Å². The van der Waals surface area contributed by atoms with Crippen LogP contribution < -0.4 is 15.4 Å². The van der Waals surface area contributed by atoms with Crippen molar-refractivity contribution in [2.24, 2.45) is 5.41 Å². The fourth-order valence-electron chi connectivity index (χ4n) is 7.10. The van der Waals surface area contributed by atoms with E-state index in [1.807, 2.05) is 50.2 Å². The van der Waals surface area contributed by atoms with Crippen molar-refractivity contribution >= 4 is 52.5 Å². The maximum Gasteiger partial charge on any atom is 0.328 e. The van der Waals surface area contributed by atoms with Crippen molar-refractivity contribution in [3.8, 4) is 5.75 Å². The summed E-state index contributed by atoms with van der Waals surface area (Å²) in [6.07, 6.45) is 2.99. The number of carbonyl (C=O) groups is 5. The van der Waals surface area contributed by atoms with Gasteiger partial charge in [0.15, 0.2) is 17.9 Å². The molecule has 5 amide bonds. The Kier molecular flexibility index (Phi) is 12.7. The minimum absolute atomic E-state index is 0.0242. The molecular formula is C45H57ClN4O6. The maximum atomic E-state index is 14.2. The van der Waals surface area contributed by atoms with Gasteiger partial charge in [-0.15, -0.1) is 0 Å². The second-order valence-corrected chi connectivity index (χ2v) is 17.0. The Morgan fingerprint density at radius 2 is 1.54 bits per heavy atom. The number of amides is 5. The number of carbonyl (C=O) groups excluding carboxylic acids is 5. The molecule has 3 aromatic carbocycles. The first-order valence-electron chi connectivity index (χ1n) is 19.9. The number of ketones is 1. The SMILES string of the molecule is CCC(Oc1ccc(C(C)(C)CC)cc1C(C)(C)CC)C(=O)Nc1ccc(Cl)c(NC(=O)C(C(=O)C2(CC)CC2)N2C(=O)C(C)N(Cc3ccccc3)C2=O)c1. The summed E-state index contributed by atoms with van der Waals surface area (Å²) >= 11 is 6.58. The highest BCUT2D eigenvalue weighted by Crippen LogP contribution is 2.51. The number of rotatable bonds is 17. The molecule has 2 N–H and O–H groups in total. The van der Waals surface area contributed by atoms with Gasteiger partial charge in [-0.1, -0.05) is 109 Å². The van der Waals surface area contributed by atoms with Crippen LogP contribution in [0, 0.1) is 5.41 Å². The van der Waals surface area contributed by atoms with Gasteiger partial charge in [0.2, 0.25) is 0 Å². The van der Waals surface area contributed by atoms with Crippen LogP contribution in [0.5, 0.6) is 5.75 Å². The highest BCUT2D eigenvalue weighted by Gasteiger charge is 2.58. The summed E-state index contributed by atoms with van der Waals surface area (Å²) in [5.74, 6) is -1.70. The highest BCUT2D eigenvalue weighted by molar-refractivity contribution is 6.34. The van der Waals surface area contributed by atoms with Crippen molar-refractivity contribution in [2.75, 3.05) is 10.6 Å². The highest BCUT2D eigenvalue weighted by atomic mass is 35.5. The molecule has 3 atom stereocenters. The van der Waals surface area contributed by atoms with Gasteiger partial charge < -0.3 is 20.3 Å². The number of hydrogen-bond acceptors (Lipinski definition) is 6. The van der Waals surface area contributed by atoms with E-state index in [1.54, 1.807) is 13.0 Å². The average molecular weight is 785 g/mol. The smallest absolute Gasteiger partial charge is 0.328 e. The van der Waals surface area contributed by atoms with E-state index in [0.29, 0.717) is 37.1 Å². The van der Waals surface area contributed by atoms with Crippen LogP contribution in [0.3, 0.4) is 0 Å². The molecule has 10 nitrogen and oxygen atoms in total. The Morgan fingerprint density at radius 1 is 0.875 bits per heavy atom. The van der Waals surface area contributed by atoms with Crippen molar-refractivity contribution in [2.45, 2.75) is 136 Å². The van der Waals surface area contributed by atoms with E-state index in [1.165, 1.54) is 22.6 Å². The Labute approximate surface area is 336 Å². The number of nitrogens with one attached hydrogen (secondary N) is 2. The lowest BCUT2D eigenvalue weighted by Crippen LogP contribution is -2.54. The third-order valence-electron chi connectivity index (χ3n) is 12.2. The number of hydrogen-bond donors (Lipinski definition) is 2. The van der Waals surface area contributed by atoms with Crippen LogP contribution in [0.25, 0.3) is 0 Å². The number of anilines is 2. The maximum absolute atomic E-state index is 14.2. The molecule has 1 saturated carbocycles. The zero-order chi connectivity index (χ0) is 41.2. The topological polar surface area (TPSA) is 125 Å². The molecule has 300 valence electrons. The average Bonchev–Trinajstić information content (AvgIpc) is 3.96.